The smallest absolute Gasteiger partial charge is 0.109 e. The molecule has 1 aliphatic rings. The van der Waals surface area contributed by atoms with Crippen LogP contribution in [0.25, 0.3) is 0 Å². The molecular weight excluding hydrogens is 178 g/mol. The van der Waals surface area contributed by atoms with Crippen molar-refractivity contribution in [1.29, 1.82) is 0 Å². The third-order valence-electron chi connectivity index (χ3n) is 2.70. The van der Waals surface area contributed by atoms with Gasteiger partial charge in [-0.05, 0) is 6.92 Å². The van der Waals surface area contributed by atoms with E-state index in [2.05, 4.69) is 9.88 Å². The highest BCUT2D eigenvalue weighted by atomic mass is 16.3. The number of rotatable bonds is 3. The summed E-state index contributed by atoms with van der Waals surface area (Å²) in [6.45, 7) is 4.44. The molecule has 0 radical (unpaired) electrons. The summed E-state index contributed by atoms with van der Waals surface area (Å²) >= 11 is 0. The Morgan fingerprint density at radius 2 is 2.29 bits per heavy atom. The second-order valence-electron chi connectivity index (χ2n) is 4.41. The molecule has 1 N–H and O–H groups in total. The molecular formula is C10H17N3O. The first-order valence-corrected chi connectivity index (χ1v) is 4.98. The van der Waals surface area contributed by atoms with Gasteiger partial charge in [0.15, 0.2) is 0 Å². The Kier molecular flexibility index (Phi) is 2.33. The molecule has 0 bridgehead atoms. The number of likely N-dealkylation sites (tertiary alicyclic amines) is 1. The number of imidazole rings is 1. The maximum atomic E-state index is 9.53. The minimum Gasteiger partial charge on any atom is -0.388 e. The Morgan fingerprint density at radius 1 is 1.57 bits per heavy atom. The molecule has 4 heteroatoms. The van der Waals surface area contributed by atoms with Gasteiger partial charge in [0.1, 0.15) is 5.82 Å². The van der Waals surface area contributed by atoms with Crippen LogP contribution in [0.15, 0.2) is 12.4 Å². The lowest BCUT2D eigenvalue weighted by molar-refractivity contribution is -0.0826. The first kappa shape index (κ1) is 9.68. The van der Waals surface area contributed by atoms with Crippen LogP contribution in [0.3, 0.4) is 0 Å². The summed E-state index contributed by atoms with van der Waals surface area (Å²) in [5.74, 6) is 1.11. The van der Waals surface area contributed by atoms with Gasteiger partial charge >= 0.3 is 0 Å². The Balaban J connectivity index is 1.77. The Labute approximate surface area is 84.2 Å². The molecule has 14 heavy (non-hydrogen) atoms. The van der Waals surface area contributed by atoms with Gasteiger partial charge in [0.2, 0.25) is 0 Å². The third kappa shape index (κ3) is 1.96. The summed E-state index contributed by atoms with van der Waals surface area (Å²) in [6.07, 6.45) is 4.74. The maximum Gasteiger partial charge on any atom is 0.109 e. The minimum atomic E-state index is -0.457. The van der Waals surface area contributed by atoms with Crippen LogP contribution in [-0.4, -0.2) is 44.8 Å². The number of aliphatic hydroxyl groups is 1. The summed E-state index contributed by atoms with van der Waals surface area (Å²) < 4.78 is 2.04. The summed E-state index contributed by atoms with van der Waals surface area (Å²) in [7, 11) is 2.01. The summed E-state index contributed by atoms with van der Waals surface area (Å²) in [5, 5.41) is 9.53. The molecule has 0 saturated carbocycles. The normalized spacial score (nSPS) is 20.8. The number of aryl methyl sites for hydroxylation is 1. The Morgan fingerprint density at radius 3 is 2.79 bits per heavy atom. The second kappa shape index (κ2) is 3.37. The molecule has 0 unspecified atom stereocenters. The van der Waals surface area contributed by atoms with Crippen molar-refractivity contribution in [1.82, 2.24) is 14.5 Å². The van der Waals surface area contributed by atoms with Gasteiger partial charge in [-0.3, -0.25) is 4.90 Å². The van der Waals surface area contributed by atoms with Crippen molar-refractivity contribution >= 4 is 0 Å². The molecule has 1 aromatic heterocycles. The molecule has 0 aliphatic carbocycles. The molecule has 2 rings (SSSR count). The highest BCUT2D eigenvalue weighted by Gasteiger charge is 2.35. The number of hydrogen-bond acceptors (Lipinski definition) is 3. The van der Waals surface area contributed by atoms with Gasteiger partial charge in [-0.2, -0.15) is 0 Å². The molecule has 78 valence electrons. The lowest BCUT2D eigenvalue weighted by Crippen LogP contribution is -2.60. The van der Waals surface area contributed by atoms with E-state index in [9.17, 15) is 5.11 Å². The van der Waals surface area contributed by atoms with Gasteiger partial charge in [0.25, 0.3) is 0 Å². The highest BCUT2D eigenvalue weighted by Crippen LogP contribution is 2.19. The van der Waals surface area contributed by atoms with E-state index in [0.717, 1.165) is 31.9 Å². The van der Waals surface area contributed by atoms with Gasteiger partial charge < -0.3 is 9.67 Å². The monoisotopic (exact) mass is 195 g/mol. The fraction of sp³-hybridized carbons (Fsp3) is 0.700. The van der Waals surface area contributed by atoms with Gasteiger partial charge in [0, 0.05) is 45.5 Å². The average molecular weight is 195 g/mol. The van der Waals surface area contributed by atoms with E-state index in [-0.39, 0.29) is 0 Å². The van der Waals surface area contributed by atoms with Crippen LogP contribution in [0, 0.1) is 0 Å². The van der Waals surface area contributed by atoms with Crippen LogP contribution in [0.4, 0.5) is 0 Å². The van der Waals surface area contributed by atoms with Crippen LogP contribution >= 0.6 is 0 Å². The number of hydrogen-bond donors (Lipinski definition) is 1. The fourth-order valence-electron chi connectivity index (χ4n) is 1.97. The fourth-order valence-corrected chi connectivity index (χ4v) is 1.97. The summed E-state index contributed by atoms with van der Waals surface area (Å²) in [5.41, 5.74) is -0.457. The molecule has 1 saturated heterocycles. The molecule has 0 amide bonds. The van der Waals surface area contributed by atoms with E-state index in [1.165, 1.54) is 0 Å². The second-order valence-corrected chi connectivity index (χ2v) is 4.41. The van der Waals surface area contributed by atoms with E-state index in [1.54, 1.807) is 0 Å². The zero-order valence-corrected chi connectivity index (χ0v) is 8.77. The van der Waals surface area contributed by atoms with Crippen molar-refractivity contribution in [3.63, 3.8) is 0 Å². The highest BCUT2D eigenvalue weighted by molar-refractivity contribution is 4.96. The molecule has 0 atom stereocenters. The lowest BCUT2D eigenvalue weighted by atomic mass is 9.97. The van der Waals surface area contributed by atoms with Crippen molar-refractivity contribution in [2.45, 2.75) is 18.9 Å². The molecule has 2 heterocycles. The first-order valence-electron chi connectivity index (χ1n) is 4.98. The van der Waals surface area contributed by atoms with Crippen molar-refractivity contribution in [2.75, 3.05) is 19.6 Å². The van der Waals surface area contributed by atoms with Crippen molar-refractivity contribution in [3.8, 4) is 0 Å². The van der Waals surface area contributed by atoms with Crippen molar-refractivity contribution in [2.24, 2.45) is 7.05 Å². The molecule has 0 spiro atoms. The zero-order chi connectivity index (χ0) is 10.2. The molecule has 1 fully saturated rings. The van der Waals surface area contributed by atoms with Crippen LogP contribution in [0.1, 0.15) is 12.7 Å². The van der Waals surface area contributed by atoms with Crippen molar-refractivity contribution < 1.29 is 5.11 Å². The molecule has 1 aliphatic heterocycles. The summed E-state index contributed by atoms with van der Waals surface area (Å²) in [6, 6.07) is 0. The van der Waals surface area contributed by atoms with Gasteiger partial charge in [-0.1, -0.05) is 0 Å². The standard InChI is InChI=1S/C10H17N3O/c1-10(14)7-13(8-10)5-3-9-11-4-6-12(9)2/h4,6,14H,3,5,7-8H2,1-2H3. The van der Waals surface area contributed by atoms with Crippen molar-refractivity contribution in [3.05, 3.63) is 18.2 Å². The minimum absolute atomic E-state index is 0.457. The topological polar surface area (TPSA) is 41.3 Å². The van der Waals surface area contributed by atoms with Crippen LogP contribution < -0.4 is 0 Å². The van der Waals surface area contributed by atoms with Gasteiger partial charge in [-0.15, -0.1) is 0 Å². The number of aromatic nitrogens is 2. The maximum absolute atomic E-state index is 9.53. The molecule has 4 nitrogen and oxygen atoms in total. The largest absolute Gasteiger partial charge is 0.388 e. The predicted molar refractivity (Wildman–Crippen MR) is 54.0 cm³/mol. The van der Waals surface area contributed by atoms with E-state index in [1.807, 2.05) is 30.9 Å². The van der Waals surface area contributed by atoms with Crippen LogP contribution in [0.5, 0.6) is 0 Å². The van der Waals surface area contributed by atoms with Gasteiger partial charge in [-0.25, -0.2) is 4.98 Å². The number of nitrogens with zero attached hydrogens (tertiary/aromatic N) is 3. The van der Waals surface area contributed by atoms with E-state index in [4.69, 9.17) is 0 Å². The van der Waals surface area contributed by atoms with Crippen LogP contribution in [0.2, 0.25) is 0 Å². The average Bonchev–Trinajstić information content (AvgIpc) is 2.44. The SMILES string of the molecule is Cn1ccnc1CCN1CC(C)(O)C1. The predicted octanol–water partition coefficient (Wildman–Crippen LogP) is 0.0292. The van der Waals surface area contributed by atoms with E-state index in [0.29, 0.717) is 0 Å². The van der Waals surface area contributed by atoms with E-state index >= 15 is 0 Å². The van der Waals surface area contributed by atoms with Gasteiger partial charge in [0.05, 0.1) is 5.60 Å². The summed E-state index contributed by atoms with van der Waals surface area (Å²) in [4.78, 5) is 6.50. The Bertz CT molecular complexity index is 311. The first-order chi connectivity index (χ1) is 6.57. The quantitative estimate of drug-likeness (QED) is 0.740. The molecule has 0 aromatic carbocycles. The lowest BCUT2D eigenvalue weighted by Gasteiger charge is -2.44. The third-order valence-corrected chi connectivity index (χ3v) is 2.70. The zero-order valence-electron chi connectivity index (χ0n) is 8.77. The van der Waals surface area contributed by atoms with E-state index < -0.39 is 5.60 Å². The number of β-amino-alcohol motifs (C(OH)–C–C–N with tert-alkyl or cyclic N) is 1. The van der Waals surface area contributed by atoms with Crippen LogP contribution in [-0.2, 0) is 13.5 Å². The molecule has 1 aromatic rings. The Hall–Kier alpha value is -0.870.